The zero-order valence-electron chi connectivity index (χ0n) is 25.8. The van der Waals surface area contributed by atoms with Crippen molar-refractivity contribution in [2.24, 2.45) is 9.98 Å². The first-order valence-electron chi connectivity index (χ1n) is 16.0. The summed E-state index contributed by atoms with van der Waals surface area (Å²) in [5, 5.41) is 8.75. The van der Waals surface area contributed by atoms with E-state index in [2.05, 4.69) is 115 Å². The zero-order chi connectivity index (χ0) is 32.0. The second-order valence-corrected chi connectivity index (χ2v) is 12.4. The Kier molecular flexibility index (Phi) is 6.88. The lowest BCUT2D eigenvalue weighted by Gasteiger charge is -2.22. The molecule has 1 aromatic heterocycles. The smallest absolute Gasteiger partial charge is 0.169 e. The Labute approximate surface area is 282 Å². The van der Waals surface area contributed by atoms with Crippen LogP contribution < -0.4 is 5.32 Å². The normalized spacial score (nSPS) is 14.6. The van der Waals surface area contributed by atoms with Gasteiger partial charge in [0.2, 0.25) is 0 Å². The molecule has 1 unspecified atom stereocenters. The number of fused-ring (bicyclic) bond motifs is 4. The van der Waals surface area contributed by atoms with Crippen molar-refractivity contribution in [1.82, 2.24) is 5.32 Å². The largest absolute Gasteiger partial charge is 0.456 e. The average molecular weight is 638 g/mol. The van der Waals surface area contributed by atoms with Gasteiger partial charge < -0.3 is 9.73 Å². The van der Waals surface area contributed by atoms with E-state index in [9.17, 15) is 0 Å². The third-order valence-electron chi connectivity index (χ3n) is 9.02. The molecule has 2 heterocycles. The van der Waals surface area contributed by atoms with E-state index < -0.39 is 6.17 Å². The highest BCUT2D eigenvalue weighted by atomic mass is 35.5. The summed E-state index contributed by atoms with van der Waals surface area (Å²) in [6, 6.07) is 54.2. The molecule has 0 saturated carbocycles. The number of halogens is 1. The van der Waals surface area contributed by atoms with Crippen LogP contribution in [0, 0.1) is 0 Å². The molecule has 5 heteroatoms. The van der Waals surface area contributed by atoms with Crippen molar-refractivity contribution < 1.29 is 4.42 Å². The van der Waals surface area contributed by atoms with Crippen LogP contribution >= 0.6 is 11.6 Å². The van der Waals surface area contributed by atoms with Crippen molar-refractivity contribution in [3.63, 3.8) is 0 Å². The first-order valence-corrected chi connectivity index (χ1v) is 16.3. The van der Waals surface area contributed by atoms with E-state index in [0.717, 1.165) is 61.4 Å². The Morgan fingerprint density at radius 3 is 1.94 bits per heavy atom. The van der Waals surface area contributed by atoms with Gasteiger partial charge in [-0.1, -0.05) is 145 Å². The SMILES string of the molecule is Clc1ccc2oc3cccc(-c4ccc(C5N=C(c6ccccc6)NC(c6ccc(-c7cccc8ccccc78)cc6)=N5)cc4)c3c2c1. The van der Waals surface area contributed by atoms with Gasteiger partial charge in [0.1, 0.15) is 22.8 Å². The summed E-state index contributed by atoms with van der Waals surface area (Å²) in [7, 11) is 0. The molecular formula is C43H28ClN3O. The Bertz CT molecular complexity index is 2530. The molecule has 1 aliphatic rings. The van der Waals surface area contributed by atoms with Crippen LogP contribution in [0.1, 0.15) is 22.9 Å². The first kappa shape index (κ1) is 28.3. The first-order chi connectivity index (χ1) is 23.7. The Balaban J connectivity index is 1.09. The van der Waals surface area contributed by atoms with Gasteiger partial charge in [-0.15, -0.1) is 0 Å². The maximum Gasteiger partial charge on any atom is 0.169 e. The number of nitrogens with zero attached hydrogens (tertiary/aromatic N) is 2. The minimum absolute atomic E-state index is 0.410. The van der Waals surface area contributed by atoms with E-state index in [1.165, 1.54) is 21.9 Å². The number of aliphatic imine (C=N–C) groups is 2. The van der Waals surface area contributed by atoms with E-state index in [4.69, 9.17) is 26.0 Å². The minimum atomic E-state index is -0.410. The summed E-state index contributed by atoms with van der Waals surface area (Å²) in [6.07, 6.45) is -0.410. The van der Waals surface area contributed by atoms with E-state index in [1.807, 2.05) is 48.5 Å². The van der Waals surface area contributed by atoms with Crippen LogP contribution in [0.4, 0.5) is 0 Å². The number of furan rings is 1. The molecule has 228 valence electrons. The number of rotatable bonds is 5. The number of nitrogens with one attached hydrogen (secondary N) is 1. The van der Waals surface area contributed by atoms with Crippen LogP contribution in [0.2, 0.25) is 5.02 Å². The summed E-state index contributed by atoms with van der Waals surface area (Å²) < 4.78 is 6.15. The summed E-state index contributed by atoms with van der Waals surface area (Å²) in [5.74, 6) is 1.58. The molecule has 1 atom stereocenters. The lowest BCUT2D eigenvalue weighted by atomic mass is 9.97. The molecule has 0 amide bonds. The second-order valence-electron chi connectivity index (χ2n) is 12.0. The van der Waals surface area contributed by atoms with Crippen LogP contribution in [0.3, 0.4) is 0 Å². The maximum absolute atomic E-state index is 6.38. The summed E-state index contributed by atoms with van der Waals surface area (Å²) in [6.45, 7) is 0. The fraction of sp³-hybridized carbons (Fsp3) is 0.0233. The van der Waals surface area contributed by atoms with Crippen LogP contribution in [0.15, 0.2) is 172 Å². The fourth-order valence-electron chi connectivity index (χ4n) is 6.65. The standard InChI is InChI=1S/C43H28ClN3O/c44-33-24-25-38-37(26-33)40-36(14-7-15-39(40)48-38)29-18-22-32(23-19-29)43-46-41(30-9-2-1-3-10-30)45-42(47-43)31-20-16-28(17-21-31)35-13-6-11-27-8-4-5-12-34(27)35/h1-26,43H,(H,45,46,47). The van der Waals surface area contributed by atoms with Crippen molar-refractivity contribution in [3.05, 3.63) is 179 Å². The van der Waals surface area contributed by atoms with Gasteiger partial charge in [0.15, 0.2) is 6.17 Å². The summed E-state index contributed by atoms with van der Waals surface area (Å²) in [4.78, 5) is 10.2. The number of amidine groups is 2. The highest BCUT2D eigenvalue weighted by Gasteiger charge is 2.21. The van der Waals surface area contributed by atoms with Gasteiger partial charge in [-0.2, -0.15) is 0 Å². The van der Waals surface area contributed by atoms with Gasteiger partial charge in [0.25, 0.3) is 0 Å². The van der Waals surface area contributed by atoms with Crippen molar-refractivity contribution >= 4 is 56.0 Å². The molecule has 0 aliphatic carbocycles. The Morgan fingerprint density at radius 2 is 1.12 bits per heavy atom. The van der Waals surface area contributed by atoms with E-state index in [0.29, 0.717) is 5.02 Å². The highest BCUT2D eigenvalue weighted by Crippen LogP contribution is 2.38. The van der Waals surface area contributed by atoms with Crippen molar-refractivity contribution in [2.75, 3.05) is 0 Å². The molecule has 1 aliphatic heterocycles. The predicted octanol–water partition coefficient (Wildman–Crippen LogP) is 11.2. The second kappa shape index (κ2) is 11.7. The quantitative estimate of drug-likeness (QED) is 0.204. The van der Waals surface area contributed by atoms with Crippen LogP contribution in [0.25, 0.3) is 55.0 Å². The molecular weight excluding hydrogens is 610 g/mol. The van der Waals surface area contributed by atoms with Crippen molar-refractivity contribution in [3.8, 4) is 22.3 Å². The van der Waals surface area contributed by atoms with Gasteiger partial charge in [-0.25, -0.2) is 9.98 Å². The maximum atomic E-state index is 6.38. The molecule has 0 fully saturated rings. The van der Waals surface area contributed by atoms with Crippen LogP contribution in [-0.2, 0) is 0 Å². The van der Waals surface area contributed by atoms with Gasteiger partial charge in [-0.3, -0.25) is 0 Å². The van der Waals surface area contributed by atoms with Gasteiger partial charge in [0, 0.05) is 26.9 Å². The number of hydrogen-bond acceptors (Lipinski definition) is 4. The average Bonchev–Trinajstić information content (AvgIpc) is 3.53. The Hall–Kier alpha value is -5.97. The topological polar surface area (TPSA) is 49.9 Å². The molecule has 9 rings (SSSR count). The molecule has 0 spiro atoms. The molecule has 1 N–H and O–H groups in total. The number of benzene rings is 7. The van der Waals surface area contributed by atoms with E-state index in [1.54, 1.807) is 0 Å². The molecule has 48 heavy (non-hydrogen) atoms. The fourth-order valence-corrected chi connectivity index (χ4v) is 6.82. The summed E-state index contributed by atoms with van der Waals surface area (Å²) >= 11 is 6.38. The molecule has 4 nitrogen and oxygen atoms in total. The van der Waals surface area contributed by atoms with Crippen LogP contribution in [0.5, 0.6) is 0 Å². The third kappa shape index (κ3) is 5.04. The van der Waals surface area contributed by atoms with Gasteiger partial charge in [-0.05, 0) is 62.9 Å². The molecule has 0 bridgehead atoms. The highest BCUT2D eigenvalue weighted by molar-refractivity contribution is 6.32. The Morgan fingerprint density at radius 1 is 0.500 bits per heavy atom. The molecule has 7 aromatic carbocycles. The van der Waals surface area contributed by atoms with Crippen molar-refractivity contribution in [1.29, 1.82) is 0 Å². The van der Waals surface area contributed by atoms with Gasteiger partial charge in [0.05, 0.1) is 0 Å². The minimum Gasteiger partial charge on any atom is -0.456 e. The summed E-state index contributed by atoms with van der Waals surface area (Å²) in [5.41, 5.74) is 9.23. The third-order valence-corrected chi connectivity index (χ3v) is 9.26. The lowest BCUT2D eigenvalue weighted by Crippen LogP contribution is -2.36. The lowest BCUT2D eigenvalue weighted by molar-refractivity contribution is 0.669. The zero-order valence-corrected chi connectivity index (χ0v) is 26.5. The van der Waals surface area contributed by atoms with Crippen molar-refractivity contribution in [2.45, 2.75) is 6.17 Å². The predicted molar refractivity (Wildman–Crippen MR) is 199 cm³/mol. The van der Waals surface area contributed by atoms with Gasteiger partial charge >= 0.3 is 0 Å². The monoisotopic (exact) mass is 637 g/mol. The molecule has 0 saturated heterocycles. The van der Waals surface area contributed by atoms with Crippen LogP contribution in [-0.4, -0.2) is 11.7 Å². The molecule has 8 aromatic rings. The van der Waals surface area contributed by atoms with E-state index in [-0.39, 0.29) is 0 Å². The van der Waals surface area contributed by atoms with E-state index >= 15 is 0 Å². The number of hydrogen-bond donors (Lipinski definition) is 1. The molecule has 0 radical (unpaired) electrons.